The van der Waals surface area contributed by atoms with Crippen LogP contribution in [0.1, 0.15) is 30.7 Å². The first kappa shape index (κ1) is 12.7. The fraction of sp³-hybridized carbons (Fsp3) is 0.647. The van der Waals surface area contributed by atoms with Crippen LogP contribution in [-0.4, -0.2) is 43.7 Å². The summed E-state index contributed by atoms with van der Waals surface area (Å²) < 4.78 is 5.78. The lowest BCUT2D eigenvalue weighted by Gasteiger charge is -2.37. The molecule has 2 atom stereocenters. The summed E-state index contributed by atoms with van der Waals surface area (Å²) in [5.74, 6) is 2.72. The van der Waals surface area contributed by atoms with Crippen LogP contribution in [0.2, 0.25) is 0 Å². The van der Waals surface area contributed by atoms with Crippen molar-refractivity contribution in [2.45, 2.75) is 31.2 Å². The van der Waals surface area contributed by atoms with E-state index in [0.29, 0.717) is 5.92 Å². The molecule has 0 aromatic heterocycles. The summed E-state index contributed by atoms with van der Waals surface area (Å²) in [5.41, 5.74) is 1.42. The van der Waals surface area contributed by atoms with Gasteiger partial charge >= 0.3 is 0 Å². The minimum absolute atomic E-state index is 0.651. The van der Waals surface area contributed by atoms with Crippen LogP contribution in [0.25, 0.3) is 0 Å². The highest BCUT2D eigenvalue weighted by Crippen LogP contribution is 2.36. The largest absolute Gasteiger partial charge is 0.493 e. The molecule has 20 heavy (non-hydrogen) atoms. The monoisotopic (exact) mass is 272 g/mol. The zero-order valence-corrected chi connectivity index (χ0v) is 12.1. The van der Waals surface area contributed by atoms with E-state index in [-0.39, 0.29) is 0 Å². The maximum absolute atomic E-state index is 5.78. The van der Waals surface area contributed by atoms with Crippen LogP contribution in [0.15, 0.2) is 24.3 Å². The van der Waals surface area contributed by atoms with Gasteiger partial charge in [-0.25, -0.2) is 0 Å². The second kappa shape index (κ2) is 5.38. The molecule has 1 saturated carbocycles. The molecule has 1 saturated heterocycles. The number of hydrogen-bond donors (Lipinski definition) is 1. The average Bonchev–Trinajstić information content (AvgIpc) is 3.33. The average molecular weight is 272 g/mol. The summed E-state index contributed by atoms with van der Waals surface area (Å²) in [6, 6.07) is 9.34. The van der Waals surface area contributed by atoms with Gasteiger partial charge in [-0.05, 0) is 36.8 Å². The molecule has 2 aliphatic heterocycles. The summed E-state index contributed by atoms with van der Waals surface area (Å²) in [6.45, 7) is 5.67. The number of benzene rings is 1. The summed E-state index contributed by atoms with van der Waals surface area (Å²) in [4.78, 5) is 2.67. The number of ether oxygens (including phenoxy) is 1. The minimum atomic E-state index is 0.651. The zero-order chi connectivity index (χ0) is 13.4. The highest BCUT2D eigenvalue weighted by atomic mass is 16.5. The lowest BCUT2D eigenvalue weighted by molar-refractivity contribution is 0.163. The van der Waals surface area contributed by atoms with Gasteiger partial charge in [0.2, 0.25) is 0 Å². The number of nitrogens with zero attached hydrogens (tertiary/aromatic N) is 1. The van der Waals surface area contributed by atoms with Crippen LogP contribution in [0.3, 0.4) is 0 Å². The molecule has 3 aliphatic rings. The number of piperazine rings is 1. The lowest BCUT2D eigenvalue weighted by atomic mass is 9.92. The third-order valence-corrected chi connectivity index (χ3v) is 5.04. The molecule has 2 unspecified atom stereocenters. The van der Waals surface area contributed by atoms with Crippen molar-refractivity contribution < 1.29 is 4.74 Å². The highest BCUT2D eigenvalue weighted by molar-refractivity contribution is 5.37. The van der Waals surface area contributed by atoms with Gasteiger partial charge in [0.15, 0.2) is 0 Å². The normalized spacial score (nSPS) is 30.6. The van der Waals surface area contributed by atoms with Crippen molar-refractivity contribution in [3.8, 4) is 5.75 Å². The van der Waals surface area contributed by atoms with Gasteiger partial charge in [0.05, 0.1) is 6.61 Å². The number of nitrogens with one attached hydrogen (secondary N) is 1. The third-order valence-electron chi connectivity index (χ3n) is 5.04. The smallest absolute Gasteiger partial charge is 0.122 e. The first-order chi connectivity index (χ1) is 9.90. The molecule has 1 aromatic rings. The van der Waals surface area contributed by atoms with Crippen LogP contribution in [0, 0.1) is 5.92 Å². The number of para-hydroxylation sites is 1. The van der Waals surface area contributed by atoms with Gasteiger partial charge < -0.3 is 10.1 Å². The number of rotatable bonds is 3. The van der Waals surface area contributed by atoms with E-state index < -0.39 is 0 Å². The van der Waals surface area contributed by atoms with E-state index in [0.717, 1.165) is 37.3 Å². The number of hydrogen-bond acceptors (Lipinski definition) is 3. The molecule has 3 heteroatoms. The first-order valence-electron chi connectivity index (χ1n) is 8.07. The van der Waals surface area contributed by atoms with Crippen LogP contribution in [0.4, 0.5) is 0 Å². The highest BCUT2D eigenvalue weighted by Gasteiger charge is 2.34. The van der Waals surface area contributed by atoms with Gasteiger partial charge in [0, 0.05) is 38.1 Å². The van der Waals surface area contributed by atoms with E-state index in [4.69, 9.17) is 4.74 Å². The van der Waals surface area contributed by atoms with Crippen molar-refractivity contribution in [2.24, 2.45) is 5.92 Å². The molecule has 4 rings (SSSR count). The Morgan fingerprint density at radius 2 is 2.10 bits per heavy atom. The Labute approximate surface area is 121 Å². The third kappa shape index (κ3) is 2.57. The minimum Gasteiger partial charge on any atom is -0.493 e. The summed E-state index contributed by atoms with van der Waals surface area (Å²) in [5, 5.41) is 3.70. The maximum Gasteiger partial charge on any atom is 0.122 e. The van der Waals surface area contributed by atoms with Gasteiger partial charge in [-0.3, -0.25) is 4.90 Å². The van der Waals surface area contributed by atoms with E-state index in [2.05, 4.69) is 34.5 Å². The van der Waals surface area contributed by atoms with Gasteiger partial charge in [-0.1, -0.05) is 18.2 Å². The topological polar surface area (TPSA) is 24.5 Å². The zero-order valence-electron chi connectivity index (χ0n) is 12.1. The van der Waals surface area contributed by atoms with Crippen LogP contribution in [-0.2, 0) is 0 Å². The van der Waals surface area contributed by atoms with Gasteiger partial charge in [-0.15, -0.1) is 0 Å². The Bertz CT molecular complexity index is 472. The molecule has 1 N–H and O–H groups in total. The lowest BCUT2D eigenvalue weighted by Crippen LogP contribution is -2.52. The Hall–Kier alpha value is -1.06. The van der Waals surface area contributed by atoms with E-state index >= 15 is 0 Å². The molecule has 0 radical (unpaired) electrons. The number of fused-ring (bicyclic) bond motifs is 1. The second-order valence-electron chi connectivity index (χ2n) is 6.53. The van der Waals surface area contributed by atoms with Gasteiger partial charge in [0.25, 0.3) is 0 Å². The molecular formula is C17H24N2O. The maximum atomic E-state index is 5.78. The van der Waals surface area contributed by atoms with E-state index in [1.54, 1.807) is 0 Å². The van der Waals surface area contributed by atoms with Crippen molar-refractivity contribution in [2.75, 3.05) is 32.8 Å². The molecule has 1 aromatic carbocycles. The van der Waals surface area contributed by atoms with Gasteiger partial charge in [-0.2, -0.15) is 0 Å². The SMILES string of the molecule is c1ccc2c(c1)OCCC2CN1CCNC(C2CC2)C1. The summed E-state index contributed by atoms with van der Waals surface area (Å²) >= 11 is 0. The predicted octanol–water partition coefficient (Wildman–Crippen LogP) is 2.24. The van der Waals surface area contributed by atoms with Crippen molar-refractivity contribution >= 4 is 0 Å². The fourth-order valence-electron chi connectivity index (χ4n) is 3.74. The van der Waals surface area contributed by atoms with Gasteiger partial charge in [0.1, 0.15) is 5.75 Å². The Morgan fingerprint density at radius 1 is 1.20 bits per heavy atom. The Kier molecular flexibility index (Phi) is 3.41. The standard InChI is InChI=1S/C17H24N2O/c1-2-4-17-15(3-1)14(7-10-20-17)11-19-9-8-18-16(12-19)13-5-6-13/h1-4,13-14,16,18H,5-12H2. The molecule has 0 amide bonds. The molecule has 0 spiro atoms. The molecular weight excluding hydrogens is 248 g/mol. The molecule has 2 heterocycles. The van der Waals surface area contributed by atoms with Crippen molar-refractivity contribution in [3.05, 3.63) is 29.8 Å². The molecule has 2 fully saturated rings. The van der Waals surface area contributed by atoms with Crippen LogP contribution >= 0.6 is 0 Å². The second-order valence-corrected chi connectivity index (χ2v) is 6.53. The van der Waals surface area contributed by atoms with Crippen molar-refractivity contribution in [3.63, 3.8) is 0 Å². The van der Waals surface area contributed by atoms with E-state index in [9.17, 15) is 0 Å². The molecule has 1 aliphatic carbocycles. The summed E-state index contributed by atoms with van der Waals surface area (Å²) in [6.07, 6.45) is 4.03. The first-order valence-corrected chi connectivity index (χ1v) is 8.07. The fourth-order valence-corrected chi connectivity index (χ4v) is 3.74. The molecule has 3 nitrogen and oxygen atoms in total. The quantitative estimate of drug-likeness (QED) is 0.913. The predicted molar refractivity (Wildman–Crippen MR) is 80.2 cm³/mol. The van der Waals surface area contributed by atoms with E-state index in [1.165, 1.54) is 38.0 Å². The van der Waals surface area contributed by atoms with Crippen molar-refractivity contribution in [1.82, 2.24) is 10.2 Å². The summed E-state index contributed by atoms with van der Waals surface area (Å²) in [7, 11) is 0. The Morgan fingerprint density at radius 3 is 3.00 bits per heavy atom. The van der Waals surface area contributed by atoms with Crippen LogP contribution < -0.4 is 10.1 Å². The molecule has 0 bridgehead atoms. The van der Waals surface area contributed by atoms with Crippen LogP contribution in [0.5, 0.6) is 5.75 Å². The molecule has 108 valence electrons. The van der Waals surface area contributed by atoms with Crippen molar-refractivity contribution in [1.29, 1.82) is 0 Å². The Balaban J connectivity index is 1.44. The van der Waals surface area contributed by atoms with E-state index in [1.807, 2.05) is 0 Å².